The van der Waals surface area contributed by atoms with Crippen LogP contribution >= 0.6 is 0 Å². The first-order chi connectivity index (χ1) is 16.4. The Balaban J connectivity index is 1.46. The number of hydrogen-bond donors (Lipinski definition) is 3. The number of aryl methyl sites for hydroxylation is 2. The number of aromatic nitrogens is 5. The lowest BCUT2D eigenvalue weighted by molar-refractivity contribution is 0.209. The van der Waals surface area contributed by atoms with Gasteiger partial charge in [0.05, 0.1) is 0 Å². The Hall–Kier alpha value is -3.66. The third-order valence-corrected chi connectivity index (χ3v) is 6.06. The van der Waals surface area contributed by atoms with E-state index in [2.05, 4.69) is 54.1 Å². The zero-order valence-corrected chi connectivity index (χ0v) is 19.8. The number of fused-ring (bicyclic) bond motifs is 1. The van der Waals surface area contributed by atoms with Crippen LogP contribution in [0.1, 0.15) is 25.2 Å². The van der Waals surface area contributed by atoms with Gasteiger partial charge in [0.25, 0.3) is 0 Å². The SMILES string of the molecule is Cc1cc(Nc2cc(N3CCN(C(C)C)CC3)nc(Oc3ccc4[nH]c(C)cc4c3F)n2)n[nH]1. The first kappa shape index (κ1) is 22.1. The zero-order chi connectivity index (χ0) is 23.8. The van der Waals surface area contributed by atoms with Gasteiger partial charge >= 0.3 is 6.01 Å². The van der Waals surface area contributed by atoms with Crippen molar-refractivity contribution in [3.63, 3.8) is 0 Å². The molecule has 10 heteroatoms. The lowest BCUT2D eigenvalue weighted by atomic mass is 10.2. The maximum Gasteiger partial charge on any atom is 0.326 e. The highest BCUT2D eigenvalue weighted by atomic mass is 19.1. The van der Waals surface area contributed by atoms with Crippen LogP contribution in [0.15, 0.2) is 30.3 Å². The van der Waals surface area contributed by atoms with Crippen molar-refractivity contribution in [3.05, 3.63) is 47.5 Å². The lowest BCUT2D eigenvalue weighted by Gasteiger charge is -2.37. The van der Waals surface area contributed by atoms with Gasteiger partial charge in [-0.15, -0.1) is 0 Å². The van der Waals surface area contributed by atoms with Crippen molar-refractivity contribution in [3.8, 4) is 11.8 Å². The van der Waals surface area contributed by atoms with Crippen molar-refractivity contribution in [2.75, 3.05) is 36.4 Å². The summed E-state index contributed by atoms with van der Waals surface area (Å²) >= 11 is 0. The third kappa shape index (κ3) is 4.54. The van der Waals surface area contributed by atoms with Gasteiger partial charge < -0.3 is 19.9 Å². The fourth-order valence-electron chi connectivity index (χ4n) is 4.23. The Labute approximate surface area is 197 Å². The molecule has 1 saturated heterocycles. The maximum absolute atomic E-state index is 15.1. The number of piperazine rings is 1. The van der Waals surface area contributed by atoms with Crippen LogP contribution in [-0.4, -0.2) is 62.3 Å². The van der Waals surface area contributed by atoms with Gasteiger partial charge in [-0.2, -0.15) is 15.1 Å². The number of benzene rings is 1. The summed E-state index contributed by atoms with van der Waals surface area (Å²) in [5, 5.41) is 10.8. The normalized spacial score (nSPS) is 14.8. The summed E-state index contributed by atoms with van der Waals surface area (Å²) in [6.07, 6.45) is 0. The zero-order valence-electron chi connectivity index (χ0n) is 19.8. The first-order valence-corrected chi connectivity index (χ1v) is 11.5. The van der Waals surface area contributed by atoms with Gasteiger partial charge in [-0.1, -0.05) is 0 Å². The van der Waals surface area contributed by atoms with E-state index in [9.17, 15) is 0 Å². The van der Waals surface area contributed by atoms with Crippen LogP contribution in [-0.2, 0) is 0 Å². The molecule has 0 saturated carbocycles. The summed E-state index contributed by atoms with van der Waals surface area (Å²) in [6.45, 7) is 11.8. The largest absolute Gasteiger partial charge is 0.421 e. The summed E-state index contributed by atoms with van der Waals surface area (Å²) in [7, 11) is 0. The Morgan fingerprint density at radius 3 is 2.50 bits per heavy atom. The summed E-state index contributed by atoms with van der Waals surface area (Å²) in [4.78, 5) is 16.9. The van der Waals surface area contributed by atoms with Gasteiger partial charge in [-0.25, -0.2) is 4.39 Å². The van der Waals surface area contributed by atoms with Crippen LogP contribution in [0.2, 0.25) is 0 Å². The fourth-order valence-corrected chi connectivity index (χ4v) is 4.23. The van der Waals surface area contributed by atoms with E-state index in [1.54, 1.807) is 18.2 Å². The number of H-pyrrole nitrogens is 2. The molecule has 0 radical (unpaired) electrons. The highest BCUT2D eigenvalue weighted by Gasteiger charge is 2.22. The number of aromatic amines is 2. The second kappa shape index (κ2) is 8.94. The van der Waals surface area contributed by atoms with Crippen LogP contribution in [0.25, 0.3) is 10.9 Å². The van der Waals surface area contributed by atoms with Gasteiger partial charge in [0.2, 0.25) is 0 Å². The van der Waals surface area contributed by atoms with Crippen molar-refractivity contribution in [1.82, 2.24) is 30.0 Å². The highest BCUT2D eigenvalue weighted by molar-refractivity contribution is 5.82. The molecule has 3 N–H and O–H groups in total. The molecule has 9 nitrogen and oxygen atoms in total. The lowest BCUT2D eigenvalue weighted by Crippen LogP contribution is -2.49. The van der Waals surface area contributed by atoms with E-state index in [-0.39, 0.29) is 11.8 Å². The van der Waals surface area contributed by atoms with Crippen molar-refractivity contribution < 1.29 is 9.13 Å². The molecule has 1 fully saturated rings. The Morgan fingerprint density at radius 1 is 1.00 bits per heavy atom. The topological polar surface area (TPSA) is 98.0 Å². The van der Waals surface area contributed by atoms with E-state index in [0.717, 1.165) is 48.9 Å². The number of hydrogen-bond acceptors (Lipinski definition) is 7. The number of nitrogens with one attached hydrogen (secondary N) is 3. The van der Waals surface area contributed by atoms with Gasteiger partial charge in [0.15, 0.2) is 17.4 Å². The molecule has 4 heterocycles. The molecule has 178 valence electrons. The molecule has 0 atom stereocenters. The first-order valence-electron chi connectivity index (χ1n) is 11.5. The van der Waals surface area contributed by atoms with Crippen LogP contribution < -0.4 is 15.0 Å². The predicted octanol–water partition coefficient (Wildman–Crippen LogP) is 4.50. The minimum absolute atomic E-state index is 0.0732. The van der Waals surface area contributed by atoms with E-state index in [0.29, 0.717) is 23.1 Å². The molecule has 0 unspecified atom stereocenters. The average Bonchev–Trinajstić information content (AvgIpc) is 3.40. The van der Waals surface area contributed by atoms with E-state index < -0.39 is 5.82 Å². The van der Waals surface area contributed by atoms with Gasteiger partial charge in [0, 0.05) is 66.6 Å². The molecule has 1 aliphatic heterocycles. The summed E-state index contributed by atoms with van der Waals surface area (Å²) in [5.74, 6) is 1.51. The molecule has 34 heavy (non-hydrogen) atoms. The molecule has 4 aromatic rings. The average molecular weight is 465 g/mol. The molecule has 5 rings (SSSR count). The second-order valence-electron chi connectivity index (χ2n) is 8.97. The van der Waals surface area contributed by atoms with Crippen molar-refractivity contribution in [2.45, 2.75) is 33.7 Å². The number of halogens is 1. The van der Waals surface area contributed by atoms with E-state index in [4.69, 9.17) is 4.74 Å². The minimum atomic E-state index is -0.446. The number of nitrogens with zero attached hydrogens (tertiary/aromatic N) is 5. The highest BCUT2D eigenvalue weighted by Crippen LogP contribution is 2.31. The smallest absolute Gasteiger partial charge is 0.326 e. The quantitative estimate of drug-likeness (QED) is 0.386. The Kier molecular flexibility index (Phi) is 5.82. The number of ether oxygens (including phenoxy) is 1. The molecular formula is C24H29FN8O. The maximum atomic E-state index is 15.1. The Bertz CT molecular complexity index is 1310. The van der Waals surface area contributed by atoms with Crippen LogP contribution in [0.5, 0.6) is 11.8 Å². The monoisotopic (exact) mass is 464 g/mol. The molecule has 3 aromatic heterocycles. The molecule has 0 amide bonds. The van der Waals surface area contributed by atoms with Crippen molar-refractivity contribution in [2.24, 2.45) is 0 Å². The van der Waals surface area contributed by atoms with Crippen molar-refractivity contribution in [1.29, 1.82) is 0 Å². The molecule has 0 spiro atoms. The molecule has 0 bridgehead atoms. The van der Waals surface area contributed by atoms with E-state index in [1.807, 2.05) is 26.0 Å². The number of anilines is 3. The van der Waals surface area contributed by atoms with Gasteiger partial charge in [-0.05, 0) is 45.9 Å². The molecule has 0 aliphatic carbocycles. The predicted molar refractivity (Wildman–Crippen MR) is 131 cm³/mol. The fraction of sp³-hybridized carbons (Fsp3) is 0.375. The second-order valence-corrected chi connectivity index (χ2v) is 8.97. The van der Waals surface area contributed by atoms with Crippen LogP contribution in [0.3, 0.4) is 0 Å². The number of rotatable bonds is 6. The van der Waals surface area contributed by atoms with E-state index >= 15 is 4.39 Å². The van der Waals surface area contributed by atoms with Crippen LogP contribution in [0, 0.1) is 19.7 Å². The summed E-state index contributed by atoms with van der Waals surface area (Å²) in [5.41, 5.74) is 2.53. The van der Waals surface area contributed by atoms with E-state index in [1.165, 1.54) is 0 Å². The van der Waals surface area contributed by atoms with Gasteiger partial charge in [0.1, 0.15) is 11.6 Å². The van der Waals surface area contributed by atoms with Gasteiger partial charge in [-0.3, -0.25) is 10.00 Å². The summed E-state index contributed by atoms with van der Waals surface area (Å²) < 4.78 is 21.0. The summed E-state index contributed by atoms with van der Waals surface area (Å²) in [6, 6.07) is 9.47. The standard InChI is InChI=1S/C24H29FN8O/c1-14(2)32-7-9-33(10-8-32)22-13-20(27-21-12-16(4)30-31-21)28-24(29-22)34-19-6-5-18-17(23(19)25)11-15(3)26-18/h5-6,11-14,26H,7-10H2,1-4H3,(H2,27,28,29,30,31). The third-order valence-electron chi connectivity index (χ3n) is 6.06. The minimum Gasteiger partial charge on any atom is -0.421 e. The Morgan fingerprint density at radius 2 is 1.79 bits per heavy atom. The van der Waals surface area contributed by atoms with Crippen LogP contribution in [0.4, 0.5) is 21.8 Å². The molecule has 1 aromatic carbocycles. The molecule has 1 aliphatic rings. The van der Waals surface area contributed by atoms with Crippen molar-refractivity contribution >= 4 is 28.4 Å². The molecular weight excluding hydrogens is 435 g/mol.